The monoisotopic (exact) mass is 440 g/mol. The molecule has 1 aliphatic carbocycles. The van der Waals surface area contributed by atoms with Gasteiger partial charge in [-0.3, -0.25) is 14.4 Å². The van der Waals surface area contributed by atoms with Crippen LogP contribution in [0.25, 0.3) is 22.9 Å². The molecule has 0 saturated heterocycles. The van der Waals surface area contributed by atoms with Crippen LogP contribution in [0, 0.1) is 0 Å². The number of nitrogens with one attached hydrogen (secondary N) is 1. The highest BCUT2D eigenvalue weighted by molar-refractivity contribution is 5.89. The maximum atomic E-state index is 13.9. The lowest BCUT2D eigenvalue weighted by Gasteiger charge is -2.26. The molecule has 0 spiro atoms. The second-order valence-corrected chi connectivity index (χ2v) is 8.48. The summed E-state index contributed by atoms with van der Waals surface area (Å²) < 4.78 is 7.51. The van der Waals surface area contributed by atoms with E-state index in [1.54, 1.807) is 17.8 Å². The molecule has 5 rings (SSSR count). The largest absolute Gasteiger partial charge is 0.398 e. The lowest BCUT2D eigenvalue weighted by atomic mass is 10.00. The first-order chi connectivity index (χ1) is 16.1. The molecule has 0 bridgehead atoms. The zero-order valence-corrected chi connectivity index (χ0v) is 18.9. The van der Waals surface area contributed by atoms with Gasteiger partial charge in [-0.05, 0) is 73.2 Å². The minimum absolute atomic E-state index is 0.102. The number of rotatable bonds is 6. The number of pyridine rings is 1. The topological polar surface area (TPSA) is 81.6 Å². The zero-order valence-electron chi connectivity index (χ0n) is 18.9. The molecule has 1 aromatic heterocycles. The Morgan fingerprint density at radius 3 is 2.67 bits per heavy atom. The normalized spacial score (nSPS) is 17.2. The van der Waals surface area contributed by atoms with Crippen molar-refractivity contribution in [1.82, 2.24) is 4.57 Å². The van der Waals surface area contributed by atoms with Crippen LogP contribution < -0.4 is 16.6 Å². The number of benzene rings is 2. The van der Waals surface area contributed by atoms with Gasteiger partial charge in [-0.1, -0.05) is 24.3 Å². The number of aromatic nitrogens is 1. The van der Waals surface area contributed by atoms with Gasteiger partial charge in [-0.15, -0.1) is 0 Å². The SMILES string of the molecule is CCOC1C=Cc2cc(-c3ccc(N)c(C=NC)c3)c(=O)n(-c3ccc(C4CC4)cc3)c2N1. The Bertz CT molecular complexity index is 1300. The molecular weight excluding hydrogens is 412 g/mol. The van der Waals surface area contributed by atoms with Crippen molar-refractivity contribution in [2.45, 2.75) is 31.9 Å². The average molecular weight is 441 g/mol. The second-order valence-electron chi connectivity index (χ2n) is 8.48. The molecule has 3 aromatic rings. The molecule has 168 valence electrons. The van der Waals surface area contributed by atoms with Crippen molar-refractivity contribution in [3.8, 4) is 16.8 Å². The molecule has 1 unspecified atom stereocenters. The molecule has 1 saturated carbocycles. The van der Waals surface area contributed by atoms with Gasteiger partial charge >= 0.3 is 0 Å². The molecule has 6 heteroatoms. The number of nitrogens with two attached hydrogens (primary N) is 1. The lowest BCUT2D eigenvalue weighted by Crippen LogP contribution is -2.31. The molecule has 3 N–H and O–H groups in total. The summed E-state index contributed by atoms with van der Waals surface area (Å²) in [6.07, 6.45) is 7.89. The summed E-state index contributed by atoms with van der Waals surface area (Å²) in [6, 6.07) is 15.9. The quantitative estimate of drug-likeness (QED) is 0.426. The van der Waals surface area contributed by atoms with E-state index in [1.807, 2.05) is 55.5 Å². The fraction of sp³-hybridized carbons (Fsp3) is 0.259. The summed E-state index contributed by atoms with van der Waals surface area (Å²) in [5.41, 5.74) is 11.9. The molecular formula is C27H28N4O2. The zero-order chi connectivity index (χ0) is 22.9. The van der Waals surface area contributed by atoms with Gasteiger partial charge in [0.05, 0.1) is 5.69 Å². The molecule has 2 aromatic carbocycles. The second kappa shape index (κ2) is 8.71. The number of hydrogen-bond donors (Lipinski definition) is 2. The van der Waals surface area contributed by atoms with E-state index in [1.165, 1.54) is 18.4 Å². The van der Waals surface area contributed by atoms with Crippen molar-refractivity contribution in [3.63, 3.8) is 0 Å². The number of fused-ring (bicyclic) bond motifs is 1. The average Bonchev–Trinajstić information content (AvgIpc) is 3.67. The van der Waals surface area contributed by atoms with Gasteiger partial charge in [0.1, 0.15) is 12.0 Å². The minimum Gasteiger partial charge on any atom is -0.398 e. The maximum absolute atomic E-state index is 13.9. The maximum Gasteiger partial charge on any atom is 0.264 e. The summed E-state index contributed by atoms with van der Waals surface area (Å²) in [4.78, 5) is 18.0. The number of aliphatic imine (C=N–C) groups is 1. The number of hydrogen-bond acceptors (Lipinski definition) is 5. The fourth-order valence-corrected chi connectivity index (χ4v) is 4.32. The Morgan fingerprint density at radius 2 is 1.97 bits per heavy atom. The number of nitrogen functional groups attached to an aromatic ring is 1. The van der Waals surface area contributed by atoms with E-state index in [0.717, 1.165) is 28.2 Å². The van der Waals surface area contributed by atoms with Gasteiger partial charge in [-0.2, -0.15) is 0 Å². The predicted molar refractivity (Wildman–Crippen MR) is 135 cm³/mol. The Balaban J connectivity index is 1.69. The number of ether oxygens (including phenoxy) is 1. The highest BCUT2D eigenvalue weighted by atomic mass is 16.5. The third-order valence-corrected chi connectivity index (χ3v) is 6.17. The summed E-state index contributed by atoms with van der Waals surface area (Å²) in [6.45, 7) is 2.53. The predicted octanol–water partition coefficient (Wildman–Crippen LogP) is 4.81. The van der Waals surface area contributed by atoms with Crippen LogP contribution in [0.15, 0.2) is 64.4 Å². The third-order valence-electron chi connectivity index (χ3n) is 6.17. The molecule has 2 heterocycles. The van der Waals surface area contributed by atoms with Crippen molar-refractivity contribution < 1.29 is 4.74 Å². The molecule has 0 radical (unpaired) electrons. The van der Waals surface area contributed by atoms with Gasteiger partial charge in [0.25, 0.3) is 5.56 Å². The van der Waals surface area contributed by atoms with Crippen LogP contribution in [0.2, 0.25) is 0 Å². The molecule has 0 amide bonds. The molecule has 6 nitrogen and oxygen atoms in total. The van der Waals surface area contributed by atoms with Crippen molar-refractivity contribution in [1.29, 1.82) is 0 Å². The smallest absolute Gasteiger partial charge is 0.264 e. The van der Waals surface area contributed by atoms with Gasteiger partial charge in [-0.25, -0.2) is 0 Å². The van der Waals surface area contributed by atoms with E-state index >= 15 is 0 Å². The van der Waals surface area contributed by atoms with Crippen LogP contribution >= 0.6 is 0 Å². The van der Waals surface area contributed by atoms with Gasteiger partial charge in [0, 0.05) is 42.2 Å². The van der Waals surface area contributed by atoms with Crippen molar-refractivity contribution in [2.24, 2.45) is 4.99 Å². The van der Waals surface area contributed by atoms with Crippen molar-refractivity contribution in [2.75, 3.05) is 24.7 Å². The van der Waals surface area contributed by atoms with Crippen LogP contribution in [-0.4, -0.2) is 30.7 Å². The summed E-state index contributed by atoms with van der Waals surface area (Å²) in [5.74, 6) is 1.39. The molecule has 1 fully saturated rings. The van der Waals surface area contributed by atoms with Crippen LogP contribution in [-0.2, 0) is 4.74 Å². The standard InChI is InChI=1S/C27H28N4O2/c1-3-33-25-13-9-20-15-23(19-8-12-24(28)21(14-19)16-29-2)27(32)31(26(20)30-25)22-10-6-18(7-11-22)17-4-5-17/h6-17,25,30H,3-5,28H2,1-2H3. The van der Waals surface area contributed by atoms with E-state index in [0.29, 0.717) is 23.8 Å². The van der Waals surface area contributed by atoms with Crippen molar-refractivity contribution >= 4 is 23.8 Å². The first-order valence-electron chi connectivity index (χ1n) is 11.4. The molecule has 2 aliphatic rings. The van der Waals surface area contributed by atoms with Crippen LogP contribution in [0.4, 0.5) is 11.5 Å². The van der Waals surface area contributed by atoms with Gasteiger partial charge in [0.15, 0.2) is 0 Å². The summed E-state index contributed by atoms with van der Waals surface area (Å²) in [7, 11) is 1.70. The Morgan fingerprint density at radius 1 is 1.18 bits per heavy atom. The molecule has 33 heavy (non-hydrogen) atoms. The van der Waals surface area contributed by atoms with Crippen molar-refractivity contribution in [3.05, 3.63) is 81.7 Å². The molecule has 1 atom stereocenters. The number of anilines is 2. The van der Waals surface area contributed by atoms with Crippen LogP contribution in [0.5, 0.6) is 0 Å². The van der Waals surface area contributed by atoms with Gasteiger partial charge in [0.2, 0.25) is 0 Å². The van der Waals surface area contributed by atoms with Crippen LogP contribution in [0.1, 0.15) is 42.4 Å². The highest BCUT2D eigenvalue weighted by Crippen LogP contribution is 2.40. The summed E-state index contributed by atoms with van der Waals surface area (Å²) >= 11 is 0. The fourth-order valence-electron chi connectivity index (χ4n) is 4.32. The van der Waals surface area contributed by atoms with E-state index in [-0.39, 0.29) is 11.8 Å². The molecule has 1 aliphatic heterocycles. The van der Waals surface area contributed by atoms with E-state index < -0.39 is 0 Å². The Labute approximate surface area is 193 Å². The first-order valence-corrected chi connectivity index (χ1v) is 11.4. The summed E-state index contributed by atoms with van der Waals surface area (Å²) in [5, 5.41) is 3.39. The first kappa shape index (κ1) is 21.2. The Hall–Kier alpha value is -3.64. The Kier molecular flexibility index (Phi) is 5.60. The van der Waals surface area contributed by atoms with E-state index in [4.69, 9.17) is 10.5 Å². The van der Waals surface area contributed by atoms with E-state index in [9.17, 15) is 4.79 Å². The van der Waals surface area contributed by atoms with Crippen LogP contribution in [0.3, 0.4) is 0 Å². The van der Waals surface area contributed by atoms with E-state index in [2.05, 4.69) is 22.4 Å². The third kappa shape index (κ3) is 4.10. The minimum atomic E-state index is -0.284. The highest BCUT2D eigenvalue weighted by Gasteiger charge is 2.24. The lowest BCUT2D eigenvalue weighted by molar-refractivity contribution is 0.115. The number of nitrogens with zero attached hydrogens (tertiary/aromatic N) is 2. The van der Waals surface area contributed by atoms with Gasteiger partial charge < -0.3 is 15.8 Å².